The zero-order valence-electron chi connectivity index (χ0n) is 45.0. The van der Waals surface area contributed by atoms with Crippen molar-refractivity contribution >= 4 is 11.9 Å². The highest BCUT2D eigenvalue weighted by Crippen LogP contribution is 2.18. The van der Waals surface area contributed by atoms with Crippen molar-refractivity contribution in [1.82, 2.24) is 5.32 Å². The summed E-state index contributed by atoms with van der Waals surface area (Å²) >= 11 is 0. The summed E-state index contributed by atoms with van der Waals surface area (Å²) in [4.78, 5) is 26.3. The molecule has 6 heteroatoms. The van der Waals surface area contributed by atoms with Gasteiger partial charge in [0.25, 0.3) is 0 Å². The maximum absolute atomic E-state index is 13.3. The normalized spacial score (nSPS) is 13.7. The van der Waals surface area contributed by atoms with E-state index in [0.29, 0.717) is 19.3 Å². The summed E-state index contributed by atoms with van der Waals surface area (Å²) in [5, 5.41) is 23.9. The van der Waals surface area contributed by atoms with Crippen LogP contribution >= 0.6 is 0 Å². The zero-order chi connectivity index (χ0) is 49.5. The average Bonchev–Trinajstić information content (AvgIpc) is 3.33. The van der Waals surface area contributed by atoms with Crippen molar-refractivity contribution < 1.29 is 24.5 Å². The van der Waals surface area contributed by atoms with Crippen molar-refractivity contribution in [3.63, 3.8) is 0 Å². The summed E-state index contributed by atoms with van der Waals surface area (Å²) in [5.41, 5.74) is 0. The van der Waals surface area contributed by atoms with Crippen LogP contribution in [0.2, 0.25) is 0 Å². The topological polar surface area (TPSA) is 95.9 Å². The van der Waals surface area contributed by atoms with Crippen molar-refractivity contribution in [2.75, 3.05) is 6.61 Å². The molecule has 6 nitrogen and oxygen atoms in total. The Balaban J connectivity index is 4.61. The van der Waals surface area contributed by atoms with Gasteiger partial charge < -0.3 is 20.3 Å². The zero-order valence-corrected chi connectivity index (χ0v) is 45.0. The van der Waals surface area contributed by atoms with Crippen LogP contribution in [0, 0.1) is 0 Å². The van der Waals surface area contributed by atoms with Gasteiger partial charge in [0, 0.05) is 6.42 Å². The fourth-order valence-corrected chi connectivity index (χ4v) is 8.74. The molecule has 0 fully saturated rings. The van der Waals surface area contributed by atoms with Gasteiger partial charge in [-0.05, 0) is 70.6 Å². The quantitative estimate of drug-likeness (QED) is 0.0244. The van der Waals surface area contributed by atoms with Gasteiger partial charge in [-0.2, -0.15) is 0 Å². The second-order valence-corrected chi connectivity index (χ2v) is 19.8. The van der Waals surface area contributed by atoms with Crippen LogP contribution in [0.25, 0.3) is 0 Å². The molecule has 0 saturated heterocycles. The molecular weight excluding hydrogens is 839 g/mol. The molecule has 3 unspecified atom stereocenters. The Hall–Kier alpha value is -2.70. The molecule has 0 aliphatic rings. The summed E-state index contributed by atoms with van der Waals surface area (Å²) in [7, 11) is 0. The maximum atomic E-state index is 13.3. The summed E-state index contributed by atoms with van der Waals surface area (Å²) in [6.07, 6.45) is 71.1. The van der Waals surface area contributed by atoms with E-state index in [2.05, 4.69) is 62.5 Å². The lowest BCUT2D eigenvalue weighted by Crippen LogP contribution is -2.46. The SMILES string of the molecule is CC/C=C/C=C/C=C\C=C/C=C/CCCCCC(=O)OC(CCCCCCCCC/C=C/CCCCCCCC)CC(=O)NC(CO)C(O)CCCCCCCCCCCCCCCCCCC. The predicted molar refractivity (Wildman–Crippen MR) is 296 cm³/mol. The van der Waals surface area contributed by atoms with Gasteiger partial charge in [0.2, 0.25) is 5.91 Å². The Kier molecular flexibility index (Phi) is 53.0. The first-order chi connectivity index (χ1) is 33.5. The number of hydrogen-bond donors (Lipinski definition) is 3. The molecule has 394 valence electrons. The highest BCUT2D eigenvalue weighted by molar-refractivity contribution is 5.77. The molecular formula is C62H111NO5. The predicted octanol–water partition coefficient (Wildman–Crippen LogP) is 18.1. The van der Waals surface area contributed by atoms with Gasteiger partial charge in [0.15, 0.2) is 0 Å². The number of esters is 1. The Morgan fingerprint density at radius 3 is 1.25 bits per heavy atom. The summed E-state index contributed by atoms with van der Waals surface area (Å²) in [6, 6.07) is -0.716. The third-order valence-corrected chi connectivity index (χ3v) is 13.1. The Labute approximate surface area is 421 Å². The van der Waals surface area contributed by atoms with E-state index < -0.39 is 18.2 Å². The lowest BCUT2D eigenvalue weighted by molar-refractivity contribution is -0.151. The molecule has 0 aromatic carbocycles. The van der Waals surface area contributed by atoms with Gasteiger partial charge in [0.05, 0.1) is 25.2 Å². The van der Waals surface area contributed by atoms with Crippen LogP contribution in [0.4, 0.5) is 0 Å². The molecule has 0 spiro atoms. The molecule has 0 heterocycles. The molecule has 0 radical (unpaired) electrons. The number of ether oxygens (including phenoxy) is 1. The fraction of sp³-hybridized carbons (Fsp3) is 0.774. The van der Waals surface area contributed by atoms with Crippen LogP contribution in [-0.2, 0) is 14.3 Å². The lowest BCUT2D eigenvalue weighted by Gasteiger charge is -2.24. The maximum Gasteiger partial charge on any atom is 0.306 e. The van der Waals surface area contributed by atoms with Crippen molar-refractivity contribution in [3.05, 3.63) is 72.9 Å². The molecule has 3 atom stereocenters. The van der Waals surface area contributed by atoms with E-state index in [-0.39, 0.29) is 24.9 Å². The minimum absolute atomic E-state index is 0.0557. The Bertz CT molecular complexity index is 1250. The highest BCUT2D eigenvalue weighted by atomic mass is 16.5. The average molecular weight is 951 g/mol. The molecule has 0 rings (SSSR count). The lowest BCUT2D eigenvalue weighted by atomic mass is 10.0. The first kappa shape index (κ1) is 65.3. The molecule has 1 amide bonds. The number of aliphatic hydroxyl groups is 2. The van der Waals surface area contributed by atoms with E-state index in [1.807, 2.05) is 36.5 Å². The van der Waals surface area contributed by atoms with Crippen LogP contribution in [0.1, 0.15) is 284 Å². The monoisotopic (exact) mass is 950 g/mol. The molecule has 68 heavy (non-hydrogen) atoms. The van der Waals surface area contributed by atoms with E-state index in [1.165, 1.54) is 167 Å². The Morgan fingerprint density at radius 2 is 0.809 bits per heavy atom. The summed E-state index contributed by atoms with van der Waals surface area (Å²) < 4.78 is 5.94. The fourth-order valence-electron chi connectivity index (χ4n) is 8.74. The number of nitrogens with one attached hydrogen (secondary N) is 1. The van der Waals surface area contributed by atoms with Gasteiger partial charge in [-0.1, -0.05) is 273 Å². The smallest absolute Gasteiger partial charge is 0.306 e. The number of rotatable bonds is 52. The molecule has 0 bridgehead atoms. The van der Waals surface area contributed by atoms with Crippen LogP contribution < -0.4 is 5.32 Å². The number of unbranched alkanes of at least 4 members (excludes halogenated alkanes) is 32. The largest absolute Gasteiger partial charge is 0.462 e. The molecule has 0 aromatic heterocycles. The van der Waals surface area contributed by atoms with E-state index >= 15 is 0 Å². The van der Waals surface area contributed by atoms with E-state index in [1.54, 1.807) is 0 Å². The number of aliphatic hydroxyl groups excluding tert-OH is 2. The first-order valence-corrected chi connectivity index (χ1v) is 29.2. The second kappa shape index (κ2) is 55.2. The molecule has 0 aliphatic heterocycles. The van der Waals surface area contributed by atoms with Gasteiger partial charge in [-0.25, -0.2) is 0 Å². The number of hydrogen-bond acceptors (Lipinski definition) is 5. The molecule has 0 aliphatic carbocycles. The first-order valence-electron chi connectivity index (χ1n) is 29.2. The van der Waals surface area contributed by atoms with Crippen LogP contribution in [-0.4, -0.2) is 46.9 Å². The van der Waals surface area contributed by atoms with Gasteiger partial charge in [-0.3, -0.25) is 9.59 Å². The molecule has 3 N–H and O–H groups in total. The van der Waals surface area contributed by atoms with Crippen molar-refractivity contribution in [1.29, 1.82) is 0 Å². The number of carbonyl (C=O) groups excluding carboxylic acids is 2. The van der Waals surface area contributed by atoms with Crippen molar-refractivity contribution in [2.45, 2.75) is 302 Å². The number of allylic oxidation sites excluding steroid dienone is 12. The van der Waals surface area contributed by atoms with E-state index in [0.717, 1.165) is 70.6 Å². The van der Waals surface area contributed by atoms with Crippen molar-refractivity contribution in [3.8, 4) is 0 Å². The Morgan fingerprint density at radius 1 is 0.441 bits per heavy atom. The highest BCUT2D eigenvalue weighted by Gasteiger charge is 2.24. The van der Waals surface area contributed by atoms with Crippen LogP contribution in [0.15, 0.2) is 72.9 Å². The van der Waals surface area contributed by atoms with Crippen molar-refractivity contribution in [2.24, 2.45) is 0 Å². The molecule has 0 saturated carbocycles. The molecule has 0 aromatic rings. The van der Waals surface area contributed by atoms with Gasteiger partial charge >= 0.3 is 5.97 Å². The summed E-state index contributed by atoms with van der Waals surface area (Å²) in [6.45, 7) is 6.36. The van der Waals surface area contributed by atoms with Gasteiger partial charge in [-0.15, -0.1) is 0 Å². The van der Waals surface area contributed by atoms with E-state index in [9.17, 15) is 19.8 Å². The minimum Gasteiger partial charge on any atom is -0.462 e. The third kappa shape index (κ3) is 49.7. The van der Waals surface area contributed by atoms with Gasteiger partial charge in [0.1, 0.15) is 6.10 Å². The number of carbonyl (C=O) groups is 2. The van der Waals surface area contributed by atoms with Crippen LogP contribution in [0.5, 0.6) is 0 Å². The second-order valence-electron chi connectivity index (χ2n) is 19.8. The van der Waals surface area contributed by atoms with Crippen LogP contribution in [0.3, 0.4) is 0 Å². The standard InChI is InChI=1S/C62H111NO5/c1-4-7-10-13-16-19-22-25-28-30-33-35-38-41-44-47-50-53-58(68-62(67)55-52-49-46-43-40-37-32-27-24-21-18-15-12-9-6-3)56-61(66)63-59(57-64)60(65)54-51-48-45-42-39-36-34-31-29-26-23-20-17-14-11-8-5-2/h9,12,15,18,21,24-25,27-28,32,37,40,58-60,64-65H,4-8,10-11,13-14,16-17,19-20,22-23,26,29-31,33-36,38-39,41-57H2,1-3H3,(H,63,66)/b12-9+,18-15+,24-21-,28-25+,32-27-,40-37+. The van der Waals surface area contributed by atoms with E-state index in [4.69, 9.17) is 4.74 Å². The number of amides is 1. The minimum atomic E-state index is -0.800. The summed E-state index contributed by atoms with van der Waals surface area (Å²) in [5.74, 6) is -0.521. The third-order valence-electron chi connectivity index (χ3n) is 13.1.